The zero-order chi connectivity index (χ0) is 9.97. The molecule has 0 spiro atoms. The molecule has 0 fully saturated rings. The Kier molecular flexibility index (Phi) is 2.55. The highest BCUT2D eigenvalue weighted by molar-refractivity contribution is 6.33. The fraction of sp³-hybridized carbons (Fsp3) is 0.0769. The Morgan fingerprint density at radius 1 is 0.929 bits per heavy atom. The standard InChI is InChI=1S/C13H11Cl/c1-10-7-8-12(13(14)9-10)11-5-3-2-4-6-11/h2-9H,1H3. The summed E-state index contributed by atoms with van der Waals surface area (Å²) in [5.41, 5.74) is 3.45. The Hall–Kier alpha value is -1.27. The number of rotatable bonds is 1. The van der Waals surface area contributed by atoms with Gasteiger partial charge in [0, 0.05) is 10.6 Å². The lowest BCUT2D eigenvalue weighted by molar-refractivity contribution is 1.47. The molecule has 0 aliphatic heterocycles. The van der Waals surface area contributed by atoms with Gasteiger partial charge in [0.15, 0.2) is 0 Å². The Bertz CT molecular complexity index is 432. The van der Waals surface area contributed by atoms with Crippen LogP contribution in [0.25, 0.3) is 11.1 Å². The van der Waals surface area contributed by atoms with Crippen molar-refractivity contribution in [1.82, 2.24) is 0 Å². The second kappa shape index (κ2) is 3.85. The molecule has 0 saturated carbocycles. The molecule has 0 aliphatic rings. The van der Waals surface area contributed by atoms with E-state index in [9.17, 15) is 0 Å². The van der Waals surface area contributed by atoms with Gasteiger partial charge in [-0.05, 0) is 24.1 Å². The van der Waals surface area contributed by atoms with Crippen LogP contribution in [-0.2, 0) is 0 Å². The predicted octanol–water partition coefficient (Wildman–Crippen LogP) is 4.32. The molecule has 1 heteroatoms. The number of hydrogen-bond donors (Lipinski definition) is 0. The van der Waals surface area contributed by atoms with Gasteiger partial charge in [-0.2, -0.15) is 0 Å². The Morgan fingerprint density at radius 3 is 2.29 bits per heavy atom. The van der Waals surface area contributed by atoms with Crippen molar-refractivity contribution in [2.75, 3.05) is 0 Å². The maximum Gasteiger partial charge on any atom is 0.0487 e. The highest BCUT2D eigenvalue weighted by Crippen LogP contribution is 2.28. The van der Waals surface area contributed by atoms with E-state index >= 15 is 0 Å². The second-order valence-corrected chi connectivity index (χ2v) is 3.76. The van der Waals surface area contributed by atoms with Crippen LogP contribution in [0.15, 0.2) is 48.5 Å². The second-order valence-electron chi connectivity index (χ2n) is 3.35. The summed E-state index contributed by atoms with van der Waals surface area (Å²) in [4.78, 5) is 0. The molecule has 0 aromatic heterocycles. The van der Waals surface area contributed by atoms with E-state index in [1.807, 2.05) is 31.2 Å². The highest BCUT2D eigenvalue weighted by Gasteiger charge is 2.01. The minimum Gasteiger partial charge on any atom is -0.0837 e. The van der Waals surface area contributed by atoms with Crippen molar-refractivity contribution in [2.24, 2.45) is 0 Å². The van der Waals surface area contributed by atoms with Gasteiger partial charge in [-0.1, -0.05) is 54.1 Å². The minimum atomic E-state index is 0.816. The van der Waals surface area contributed by atoms with Crippen LogP contribution in [0.2, 0.25) is 5.02 Å². The van der Waals surface area contributed by atoms with E-state index in [0.29, 0.717) is 0 Å². The van der Waals surface area contributed by atoms with Crippen molar-refractivity contribution in [3.05, 3.63) is 59.1 Å². The molecule has 0 atom stereocenters. The summed E-state index contributed by atoms with van der Waals surface area (Å²) in [7, 11) is 0. The zero-order valence-corrected chi connectivity index (χ0v) is 8.75. The number of hydrogen-bond acceptors (Lipinski definition) is 0. The van der Waals surface area contributed by atoms with Crippen LogP contribution in [-0.4, -0.2) is 0 Å². The summed E-state index contributed by atoms with van der Waals surface area (Å²) >= 11 is 6.16. The van der Waals surface area contributed by atoms with Crippen LogP contribution in [0.3, 0.4) is 0 Å². The average Bonchev–Trinajstić information content (AvgIpc) is 2.19. The molecule has 0 bridgehead atoms. The van der Waals surface area contributed by atoms with Gasteiger partial charge in [0.2, 0.25) is 0 Å². The third-order valence-electron chi connectivity index (χ3n) is 2.21. The molecule has 2 rings (SSSR count). The lowest BCUT2D eigenvalue weighted by atomic mass is 10.0. The third kappa shape index (κ3) is 1.80. The Labute approximate surface area is 89.2 Å². The van der Waals surface area contributed by atoms with E-state index in [4.69, 9.17) is 11.6 Å². The highest BCUT2D eigenvalue weighted by atomic mass is 35.5. The first-order chi connectivity index (χ1) is 6.77. The molecule has 0 unspecified atom stereocenters. The van der Waals surface area contributed by atoms with E-state index in [-0.39, 0.29) is 0 Å². The Morgan fingerprint density at radius 2 is 1.64 bits per heavy atom. The number of benzene rings is 2. The molecule has 0 saturated heterocycles. The summed E-state index contributed by atoms with van der Waals surface area (Å²) in [6.45, 7) is 2.04. The van der Waals surface area contributed by atoms with Crippen molar-refractivity contribution >= 4 is 11.6 Å². The summed E-state index contributed by atoms with van der Waals surface area (Å²) in [5.74, 6) is 0. The van der Waals surface area contributed by atoms with Crippen LogP contribution < -0.4 is 0 Å². The Balaban J connectivity index is 2.53. The van der Waals surface area contributed by atoms with E-state index in [0.717, 1.165) is 16.1 Å². The third-order valence-corrected chi connectivity index (χ3v) is 2.52. The predicted molar refractivity (Wildman–Crippen MR) is 61.6 cm³/mol. The number of halogens is 1. The lowest BCUT2D eigenvalue weighted by Crippen LogP contribution is -1.80. The van der Waals surface area contributed by atoms with Gasteiger partial charge in [-0.25, -0.2) is 0 Å². The van der Waals surface area contributed by atoms with Gasteiger partial charge in [0.25, 0.3) is 0 Å². The largest absolute Gasteiger partial charge is 0.0837 e. The first kappa shape index (κ1) is 9.29. The summed E-state index contributed by atoms with van der Waals surface area (Å²) in [6.07, 6.45) is 0. The average molecular weight is 203 g/mol. The van der Waals surface area contributed by atoms with Crippen molar-refractivity contribution in [2.45, 2.75) is 6.92 Å². The van der Waals surface area contributed by atoms with Crippen molar-refractivity contribution in [3.63, 3.8) is 0 Å². The molecular weight excluding hydrogens is 192 g/mol. The van der Waals surface area contributed by atoms with E-state index < -0.39 is 0 Å². The van der Waals surface area contributed by atoms with E-state index in [2.05, 4.69) is 24.3 Å². The first-order valence-electron chi connectivity index (χ1n) is 4.59. The van der Waals surface area contributed by atoms with Crippen molar-refractivity contribution in [3.8, 4) is 11.1 Å². The van der Waals surface area contributed by atoms with Crippen LogP contribution in [0.4, 0.5) is 0 Å². The SMILES string of the molecule is Cc1ccc(-c2ccccc2)c(Cl)c1. The lowest BCUT2D eigenvalue weighted by Gasteiger charge is -2.04. The first-order valence-corrected chi connectivity index (χ1v) is 4.97. The van der Waals surface area contributed by atoms with Gasteiger partial charge in [0.05, 0.1) is 0 Å². The number of aryl methyl sites for hydroxylation is 1. The molecule has 2 aromatic rings. The zero-order valence-electron chi connectivity index (χ0n) is 8.00. The van der Waals surface area contributed by atoms with Crippen LogP contribution in [0.1, 0.15) is 5.56 Å². The summed E-state index contributed by atoms with van der Waals surface area (Å²) in [5, 5.41) is 0.816. The fourth-order valence-corrected chi connectivity index (χ4v) is 1.82. The van der Waals surface area contributed by atoms with E-state index in [1.54, 1.807) is 0 Å². The van der Waals surface area contributed by atoms with Crippen LogP contribution in [0, 0.1) is 6.92 Å². The molecule has 0 aliphatic carbocycles. The molecule has 0 radical (unpaired) electrons. The van der Waals surface area contributed by atoms with E-state index in [1.165, 1.54) is 5.56 Å². The molecule has 0 heterocycles. The normalized spacial score (nSPS) is 10.1. The maximum absolute atomic E-state index is 6.16. The maximum atomic E-state index is 6.16. The smallest absolute Gasteiger partial charge is 0.0487 e. The molecule has 14 heavy (non-hydrogen) atoms. The molecule has 0 nitrogen and oxygen atoms in total. The molecule has 70 valence electrons. The van der Waals surface area contributed by atoms with Crippen molar-refractivity contribution < 1.29 is 0 Å². The summed E-state index contributed by atoms with van der Waals surface area (Å²) < 4.78 is 0. The quantitative estimate of drug-likeness (QED) is 0.646. The van der Waals surface area contributed by atoms with Gasteiger partial charge >= 0.3 is 0 Å². The monoisotopic (exact) mass is 202 g/mol. The van der Waals surface area contributed by atoms with Crippen LogP contribution >= 0.6 is 11.6 Å². The minimum absolute atomic E-state index is 0.816. The fourth-order valence-electron chi connectivity index (χ4n) is 1.47. The summed E-state index contributed by atoms with van der Waals surface area (Å²) in [6, 6.07) is 16.3. The van der Waals surface area contributed by atoms with Crippen LogP contribution in [0.5, 0.6) is 0 Å². The van der Waals surface area contributed by atoms with Crippen molar-refractivity contribution in [1.29, 1.82) is 0 Å². The van der Waals surface area contributed by atoms with Gasteiger partial charge in [-0.3, -0.25) is 0 Å². The topological polar surface area (TPSA) is 0 Å². The molecule has 2 aromatic carbocycles. The van der Waals surface area contributed by atoms with Gasteiger partial charge in [-0.15, -0.1) is 0 Å². The molecule has 0 amide bonds. The molecular formula is C13H11Cl. The van der Waals surface area contributed by atoms with Gasteiger partial charge in [0.1, 0.15) is 0 Å². The molecule has 0 N–H and O–H groups in total. The van der Waals surface area contributed by atoms with Gasteiger partial charge < -0.3 is 0 Å².